The van der Waals surface area contributed by atoms with Crippen molar-refractivity contribution in [2.24, 2.45) is 0 Å². The number of nitrogens with one attached hydrogen (secondary N) is 2. The summed E-state index contributed by atoms with van der Waals surface area (Å²) in [5.74, 6) is -1.11. The van der Waals surface area contributed by atoms with Gasteiger partial charge in [0.2, 0.25) is 11.8 Å². The largest absolute Gasteiger partial charge is 0.489 e. The summed E-state index contributed by atoms with van der Waals surface area (Å²) in [6.07, 6.45) is 0.499. The SMILES string of the molecule is O=C1CCC(N2Cc3c(OCc4ccc(C(=O)NO)cc4)cccc3C2=O)C(=O)N1. The number of hydrogen-bond acceptors (Lipinski definition) is 6. The second kappa shape index (κ2) is 7.96. The van der Waals surface area contributed by atoms with Gasteiger partial charge in [0.15, 0.2) is 0 Å². The molecule has 0 aliphatic carbocycles. The van der Waals surface area contributed by atoms with Crippen LogP contribution in [0.4, 0.5) is 0 Å². The Morgan fingerprint density at radius 2 is 1.93 bits per heavy atom. The number of amides is 4. The Bertz CT molecular complexity index is 1030. The van der Waals surface area contributed by atoms with E-state index < -0.39 is 17.9 Å². The molecule has 4 amide bonds. The van der Waals surface area contributed by atoms with E-state index in [0.717, 1.165) is 5.56 Å². The van der Waals surface area contributed by atoms with Crippen LogP contribution >= 0.6 is 0 Å². The lowest BCUT2D eigenvalue weighted by Crippen LogP contribution is -2.52. The van der Waals surface area contributed by atoms with E-state index in [1.807, 2.05) is 0 Å². The van der Waals surface area contributed by atoms with Crippen LogP contribution in [0.25, 0.3) is 0 Å². The van der Waals surface area contributed by atoms with Crippen molar-refractivity contribution < 1.29 is 29.1 Å². The van der Waals surface area contributed by atoms with Crippen LogP contribution in [-0.4, -0.2) is 39.8 Å². The van der Waals surface area contributed by atoms with E-state index in [4.69, 9.17) is 9.94 Å². The Balaban J connectivity index is 1.48. The number of ether oxygens (including phenoxy) is 1. The summed E-state index contributed by atoms with van der Waals surface area (Å²) in [5, 5.41) is 11.0. The maximum Gasteiger partial charge on any atom is 0.274 e. The van der Waals surface area contributed by atoms with Gasteiger partial charge in [-0.2, -0.15) is 0 Å². The molecule has 0 aromatic heterocycles. The maximum atomic E-state index is 12.8. The molecule has 30 heavy (non-hydrogen) atoms. The first kappa shape index (κ1) is 19.6. The van der Waals surface area contributed by atoms with Crippen LogP contribution in [0.2, 0.25) is 0 Å². The topological polar surface area (TPSA) is 125 Å². The van der Waals surface area contributed by atoms with Crippen LogP contribution < -0.4 is 15.5 Å². The van der Waals surface area contributed by atoms with E-state index in [0.29, 0.717) is 28.9 Å². The lowest BCUT2D eigenvalue weighted by atomic mass is 10.0. The highest BCUT2D eigenvalue weighted by atomic mass is 16.5. The number of carbonyl (C=O) groups is 4. The Morgan fingerprint density at radius 1 is 1.17 bits per heavy atom. The molecule has 1 saturated heterocycles. The van der Waals surface area contributed by atoms with Gasteiger partial charge in [0.05, 0.1) is 6.54 Å². The molecule has 2 aromatic carbocycles. The summed E-state index contributed by atoms with van der Waals surface area (Å²) >= 11 is 0. The quantitative estimate of drug-likeness (QED) is 0.386. The molecule has 2 heterocycles. The average molecular weight is 409 g/mol. The fraction of sp³-hybridized carbons (Fsp3) is 0.238. The fourth-order valence-corrected chi connectivity index (χ4v) is 3.67. The minimum absolute atomic E-state index is 0.199. The Hall–Kier alpha value is -3.72. The van der Waals surface area contributed by atoms with Crippen molar-refractivity contribution in [2.45, 2.75) is 32.0 Å². The average Bonchev–Trinajstić information content (AvgIpc) is 3.09. The molecule has 0 bridgehead atoms. The Labute approximate surface area is 171 Å². The summed E-state index contributed by atoms with van der Waals surface area (Å²) in [6, 6.07) is 11.0. The van der Waals surface area contributed by atoms with Gasteiger partial charge in [-0.3, -0.25) is 29.7 Å². The van der Waals surface area contributed by atoms with Gasteiger partial charge in [-0.1, -0.05) is 18.2 Å². The zero-order chi connectivity index (χ0) is 21.3. The molecule has 1 unspecified atom stereocenters. The zero-order valence-corrected chi connectivity index (χ0v) is 15.9. The Morgan fingerprint density at radius 3 is 2.63 bits per heavy atom. The number of hydroxylamine groups is 1. The summed E-state index contributed by atoms with van der Waals surface area (Å²) in [7, 11) is 0. The van der Waals surface area contributed by atoms with Gasteiger partial charge < -0.3 is 9.64 Å². The molecule has 1 fully saturated rings. The fourth-order valence-electron chi connectivity index (χ4n) is 3.67. The smallest absolute Gasteiger partial charge is 0.274 e. The highest BCUT2D eigenvalue weighted by Crippen LogP contribution is 2.33. The predicted molar refractivity (Wildman–Crippen MR) is 103 cm³/mol. The first-order valence-electron chi connectivity index (χ1n) is 9.40. The third-order valence-electron chi connectivity index (χ3n) is 5.25. The molecule has 0 radical (unpaired) electrons. The molecule has 2 aromatic rings. The lowest BCUT2D eigenvalue weighted by molar-refractivity contribution is -0.136. The first-order valence-corrected chi connectivity index (χ1v) is 9.40. The standard InChI is InChI=1S/C21H19N3O6/c25-18-9-8-16(20(27)22-18)24-10-15-14(21(24)28)2-1-3-17(15)30-11-12-4-6-13(7-5-12)19(26)23-29/h1-7,16,29H,8-11H2,(H,23,26)(H,22,25,27). The van der Waals surface area contributed by atoms with Crippen molar-refractivity contribution in [3.8, 4) is 5.75 Å². The van der Waals surface area contributed by atoms with E-state index in [9.17, 15) is 19.2 Å². The van der Waals surface area contributed by atoms with Crippen molar-refractivity contribution >= 4 is 23.6 Å². The second-order valence-electron chi connectivity index (χ2n) is 7.11. The summed E-state index contributed by atoms with van der Waals surface area (Å²) in [5.41, 5.74) is 3.86. The van der Waals surface area contributed by atoms with Crippen LogP contribution in [0.5, 0.6) is 5.75 Å². The van der Waals surface area contributed by atoms with E-state index in [2.05, 4.69) is 5.32 Å². The molecule has 9 nitrogen and oxygen atoms in total. The number of nitrogens with zero attached hydrogens (tertiary/aromatic N) is 1. The van der Waals surface area contributed by atoms with E-state index in [1.54, 1.807) is 47.9 Å². The number of hydrogen-bond donors (Lipinski definition) is 3. The van der Waals surface area contributed by atoms with Crippen molar-refractivity contribution in [3.63, 3.8) is 0 Å². The molecule has 3 N–H and O–H groups in total. The monoisotopic (exact) mass is 409 g/mol. The van der Waals surface area contributed by atoms with Crippen LogP contribution in [0, 0.1) is 0 Å². The number of piperidine rings is 1. The van der Waals surface area contributed by atoms with Crippen LogP contribution in [0.1, 0.15) is 44.7 Å². The normalized spacial score (nSPS) is 18.1. The van der Waals surface area contributed by atoms with Crippen molar-refractivity contribution in [3.05, 3.63) is 64.7 Å². The number of carbonyl (C=O) groups excluding carboxylic acids is 4. The zero-order valence-electron chi connectivity index (χ0n) is 15.9. The van der Waals surface area contributed by atoms with Gasteiger partial charge in [0, 0.05) is 23.1 Å². The van der Waals surface area contributed by atoms with E-state index in [-0.39, 0.29) is 31.4 Å². The van der Waals surface area contributed by atoms with Gasteiger partial charge in [0.1, 0.15) is 18.4 Å². The van der Waals surface area contributed by atoms with Gasteiger partial charge in [0.25, 0.3) is 11.8 Å². The third kappa shape index (κ3) is 3.62. The van der Waals surface area contributed by atoms with Crippen LogP contribution in [-0.2, 0) is 22.7 Å². The molecule has 0 saturated carbocycles. The molecular formula is C21H19N3O6. The summed E-state index contributed by atoms with van der Waals surface area (Å²) in [4.78, 5) is 49.3. The van der Waals surface area contributed by atoms with Crippen LogP contribution in [0.3, 0.4) is 0 Å². The predicted octanol–water partition coefficient (Wildman–Crippen LogP) is 1.15. The van der Waals surface area contributed by atoms with Gasteiger partial charge >= 0.3 is 0 Å². The number of imide groups is 1. The molecule has 154 valence electrons. The number of rotatable bonds is 5. The van der Waals surface area contributed by atoms with Gasteiger partial charge in [-0.05, 0) is 36.2 Å². The number of benzene rings is 2. The summed E-state index contributed by atoms with van der Waals surface area (Å²) in [6.45, 7) is 0.441. The molecule has 9 heteroatoms. The minimum atomic E-state index is -0.680. The Kier molecular flexibility index (Phi) is 5.20. The molecule has 2 aliphatic heterocycles. The van der Waals surface area contributed by atoms with E-state index in [1.165, 1.54) is 4.90 Å². The van der Waals surface area contributed by atoms with E-state index >= 15 is 0 Å². The van der Waals surface area contributed by atoms with Crippen LogP contribution in [0.15, 0.2) is 42.5 Å². The highest BCUT2D eigenvalue weighted by Gasteiger charge is 2.40. The minimum Gasteiger partial charge on any atom is -0.489 e. The van der Waals surface area contributed by atoms with Gasteiger partial charge in [-0.25, -0.2) is 5.48 Å². The van der Waals surface area contributed by atoms with Crippen molar-refractivity contribution in [2.75, 3.05) is 0 Å². The van der Waals surface area contributed by atoms with Crippen molar-refractivity contribution in [1.29, 1.82) is 0 Å². The first-order chi connectivity index (χ1) is 14.5. The second-order valence-corrected chi connectivity index (χ2v) is 7.11. The maximum absolute atomic E-state index is 12.8. The lowest BCUT2D eigenvalue weighted by Gasteiger charge is -2.29. The third-order valence-corrected chi connectivity index (χ3v) is 5.25. The summed E-state index contributed by atoms with van der Waals surface area (Å²) < 4.78 is 5.91. The highest BCUT2D eigenvalue weighted by molar-refractivity contribution is 6.05. The molecule has 4 rings (SSSR count). The molecule has 1 atom stereocenters. The van der Waals surface area contributed by atoms with Gasteiger partial charge in [-0.15, -0.1) is 0 Å². The molecular weight excluding hydrogens is 390 g/mol. The number of fused-ring (bicyclic) bond motifs is 1. The molecule has 0 spiro atoms. The molecule has 2 aliphatic rings. The van der Waals surface area contributed by atoms with Crippen molar-refractivity contribution in [1.82, 2.24) is 15.7 Å².